The minimum absolute atomic E-state index is 0.130. The molecule has 0 amide bonds. The number of hydrogen-bond donors (Lipinski definition) is 0. The van der Waals surface area contributed by atoms with E-state index < -0.39 is 11.9 Å². The molecule has 3 rings (SSSR count). The normalized spacial score (nSPS) is 17.5. The molecule has 0 saturated heterocycles. The van der Waals surface area contributed by atoms with Crippen LogP contribution >= 0.6 is 22.6 Å². The highest BCUT2D eigenvalue weighted by Crippen LogP contribution is 2.35. The van der Waals surface area contributed by atoms with Gasteiger partial charge in [-0.2, -0.15) is 0 Å². The summed E-state index contributed by atoms with van der Waals surface area (Å²) in [5.41, 5.74) is 3.12. The molecule has 0 fully saturated rings. The second-order valence-corrected chi connectivity index (χ2v) is 11.9. The zero-order valence-corrected chi connectivity index (χ0v) is 28.8. The average molecular weight is 727 g/mol. The fraction of sp³-hybridized carbons (Fsp3) is 0.351. The minimum Gasteiger partial charge on any atom is -0.482 e. The highest BCUT2D eigenvalue weighted by atomic mass is 127. The van der Waals surface area contributed by atoms with Crippen molar-refractivity contribution in [1.29, 1.82) is 0 Å². The SMILES string of the molecule is C=CC(Cc1ccc2c(c1)C(/C(C)=C/C=C\CI)\C=c1/ccc(OCC(=O)OC(C)C)c/c1=C/C=C/O2)OCC(=O)OC(C)C. The number of ether oxygens (including phenoxy) is 5. The summed E-state index contributed by atoms with van der Waals surface area (Å²) in [5.74, 6) is 0.348. The second-order valence-electron chi connectivity index (χ2n) is 11.1. The molecule has 45 heavy (non-hydrogen) atoms. The first-order valence-electron chi connectivity index (χ1n) is 15.0. The van der Waals surface area contributed by atoms with Gasteiger partial charge in [0.1, 0.15) is 18.1 Å². The van der Waals surface area contributed by atoms with Crippen LogP contribution in [0.15, 0.2) is 85.2 Å². The van der Waals surface area contributed by atoms with E-state index in [0.717, 1.165) is 37.3 Å². The molecule has 0 radical (unpaired) electrons. The van der Waals surface area contributed by atoms with Crippen LogP contribution in [0, 0.1) is 0 Å². The van der Waals surface area contributed by atoms with Gasteiger partial charge in [-0.05, 0) is 74.9 Å². The summed E-state index contributed by atoms with van der Waals surface area (Å²) < 4.78 is 29.0. The van der Waals surface area contributed by atoms with Gasteiger partial charge in [0.2, 0.25) is 0 Å². The second kappa shape index (κ2) is 18.4. The summed E-state index contributed by atoms with van der Waals surface area (Å²) in [7, 11) is 0. The smallest absolute Gasteiger partial charge is 0.344 e. The summed E-state index contributed by atoms with van der Waals surface area (Å²) in [4.78, 5) is 24.1. The molecule has 0 aliphatic carbocycles. The van der Waals surface area contributed by atoms with Crippen molar-refractivity contribution in [3.05, 3.63) is 107 Å². The summed E-state index contributed by atoms with van der Waals surface area (Å²) in [6.45, 7) is 12.9. The lowest BCUT2D eigenvalue weighted by atomic mass is 9.87. The highest BCUT2D eigenvalue weighted by molar-refractivity contribution is 14.1. The molecule has 0 spiro atoms. The number of hydrogen-bond acceptors (Lipinski definition) is 7. The molecule has 2 aromatic rings. The lowest BCUT2D eigenvalue weighted by molar-refractivity contribution is -0.154. The van der Waals surface area contributed by atoms with E-state index in [1.807, 2.05) is 42.5 Å². The van der Waals surface area contributed by atoms with Crippen LogP contribution in [0.4, 0.5) is 0 Å². The predicted octanol–water partition coefficient (Wildman–Crippen LogP) is 6.27. The van der Waals surface area contributed by atoms with Crippen molar-refractivity contribution in [3.8, 4) is 11.5 Å². The topological polar surface area (TPSA) is 80.3 Å². The molecule has 240 valence electrons. The van der Waals surface area contributed by atoms with Gasteiger partial charge in [0.25, 0.3) is 0 Å². The number of allylic oxidation sites excluding steroid dienone is 5. The van der Waals surface area contributed by atoms with Crippen molar-refractivity contribution in [3.63, 3.8) is 0 Å². The maximum atomic E-state index is 12.0. The van der Waals surface area contributed by atoms with Gasteiger partial charge in [0.15, 0.2) is 6.61 Å². The van der Waals surface area contributed by atoms with Crippen LogP contribution in [0.1, 0.15) is 51.7 Å². The lowest BCUT2D eigenvalue weighted by Gasteiger charge is -2.21. The Morgan fingerprint density at radius 2 is 1.73 bits per heavy atom. The summed E-state index contributed by atoms with van der Waals surface area (Å²) >= 11 is 2.32. The van der Waals surface area contributed by atoms with Crippen molar-refractivity contribution in [1.82, 2.24) is 0 Å². The largest absolute Gasteiger partial charge is 0.482 e. The van der Waals surface area contributed by atoms with E-state index in [4.69, 9.17) is 23.7 Å². The average Bonchev–Trinajstić information content (AvgIpc) is 2.99. The maximum absolute atomic E-state index is 12.0. The predicted molar refractivity (Wildman–Crippen MR) is 187 cm³/mol. The van der Waals surface area contributed by atoms with E-state index in [-0.39, 0.29) is 37.4 Å². The monoisotopic (exact) mass is 726 g/mol. The first-order valence-corrected chi connectivity index (χ1v) is 16.6. The molecule has 2 aromatic carbocycles. The molecule has 0 aromatic heterocycles. The highest BCUT2D eigenvalue weighted by Gasteiger charge is 2.19. The first kappa shape index (κ1) is 35.8. The molecule has 1 aliphatic heterocycles. The molecule has 7 nitrogen and oxygen atoms in total. The van der Waals surface area contributed by atoms with Crippen molar-refractivity contribution < 1.29 is 33.3 Å². The maximum Gasteiger partial charge on any atom is 0.344 e. The van der Waals surface area contributed by atoms with Gasteiger partial charge in [0.05, 0.1) is 24.6 Å². The van der Waals surface area contributed by atoms with Gasteiger partial charge < -0.3 is 23.7 Å². The van der Waals surface area contributed by atoms with Crippen molar-refractivity contribution in [2.75, 3.05) is 17.6 Å². The van der Waals surface area contributed by atoms with Crippen LogP contribution in [0.5, 0.6) is 11.5 Å². The quantitative estimate of drug-likeness (QED) is 0.0747. The molecular weight excluding hydrogens is 683 g/mol. The Hall–Kier alpha value is -3.63. The molecule has 0 N–H and O–H groups in total. The third-order valence-electron chi connectivity index (χ3n) is 6.64. The number of halogens is 1. The lowest BCUT2D eigenvalue weighted by Crippen LogP contribution is -2.26. The Morgan fingerprint density at radius 3 is 2.42 bits per heavy atom. The van der Waals surface area contributed by atoms with Crippen molar-refractivity contribution in [2.24, 2.45) is 0 Å². The number of carbonyl (C=O) groups is 2. The Balaban J connectivity index is 2.01. The van der Waals surface area contributed by atoms with Gasteiger partial charge in [-0.3, -0.25) is 0 Å². The molecule has 2 atom stereocenters. The van der Waals surface area contributed by atoms with E-state index in [1.54, 1.807) is 40.0 Å². The van der Waals surface area contributed by atoms with Crippen molar-refractivity contribution in [2.45, 2.75) is 65.3 Å². The summed E-state index contributed by atoms with van der Waals surface area (Å²) in [5, 5.41) is 1.92. The minimum atomic E-state index is -0.416. The fourth-order valence-corrected chi connectivity index (χ4v) is 4.94. The first-order chi connectivity index (χ1) is 21.6. The molecule has 1 aliphatic rings. The van der Waals surface area contributed by atoms with Crippen LogP contribution in [0.3, 0.4) is 0 Å². The van der Waals surface area contributed by atoms with Crippen LogP contribution in [-0.4, -0.2) is 47.9 Å². The Labute approximate surface area is 280 Å². The van der Waals surface area contributed by atoms with Crippen LogP contribution in [-0.2, 0) is 30.2 Å². The van der Waals surface area contributed by atoms with Gasteiger partial charge in [-0.15, -0.1) is 6.58 Å². The van der Waals surface area contributed by atoms with Crippen LogP contribution in [0.2, 0.25) is 0 Å². The van der Waals surface area contributed by atoms with Gasteiger partial charge in [0, 0.05) is 22.3 Å². The number of esters is 2. The standard InChI is InChI=1S/C37H43IO7/c1-7-31(42-23-36(39)44-25(2)3)19-28-13-16-35-34(20-28)33(27(6)11-8-9-17-38)22-30-14-15-32(21-29(30)12-10-18-41-35)43-24-37(40)45-26(4)5/h7-16,18,20-22,25-26,31,33H,1,17,19,23-24H2,2-6H3/b9-8-,18-10+,27-11+,29-12-,30-22+. The molecule has 2 unspecified atom stereocenters. The van der Waals surface area contributed by atoms with Gasteiger partial charge >= 0.3 is 11.9 Å². The molecular formula is C37H43IO7. The van der Waals surface area contributed by atoms with Gasteiger partial charge in [-0.1, -0.05) is 82.8 Å². The number of fused-ring (bicyclic) bond motifs is 2. The van der Waals surface area contributed by atoms with E-state index in [1.165, 1.54) is 0 Å². The molecule has 0 bridgehead atoms. The summed E-state index contributed by atoms with van der Waals surface area (Å²) in [6.07, 6.45) is 15.4. The van der Waals surface area contributed by atoms with Crippen molar-refractivity contribution >= 4 is 46.7 Å². The Kier molecular flexibility index (Phi) is 14.6. The fourth-order valence-electron chi connectivity index (χ4n) is 4.64. The third-order valence-corrected chi connectivity index (χ3v) is 7.15. The molecule has 8 heteroatoms. The Morgan fingerprint density at radius 1 is 1.00 bits per heavy atom. The third kappa shape index (κ3) is 12.0. The van der Waals surface area contributed by atoms with Crippen LogP contribution in [0.25, 0.3) is 12.2 Å². The van der Waals surface area contributed by atoms with E-state index >= 15 is 0 Å². The van der Waals surface area contributed by atoms with E-state index in [9.17, 15) is 9.59 Å². The zero-order chi connectivity index (χ0) is 32.8. The number of carbonyl (C=O) groups excluding carboxylic acids is 2. The van der Waals surface area contributed by atoms with Crippen LogP contribution < -0.4 is 19.9 Å². The number of rotatable bonds is 14. The Bertz CT molecular complexity index is 1530. The van der Waals surface area contributed by atoms with Gasteiger partial charge in [-0.25, -0.2) is 9.59 Å². The number of benzene rings is 2. The summed E-state index contributed by atoms with van der Waals surface area (Å²) in [6, 6.07) is 11.8. The molecule has 1 heterocycles. The molecule has 0 saturated carbocycles. The van der Waals surface area contributed by atoms with E-state index in [0.29, 0.717) is 12.2 Å². The zero-order valence-electron chi connectivity index (χ0n) is 26.7. The number of alkyl halides is 1. The van der Waals surface area contributed by atoms with E-state index in [2.05, 4.69) is 66.5 Å².